The quantitative estimate of drug-likeness (QED) is 0.386. The van der Waals surface area contributed by atoms with E-state index in [0.29, 0.717) is 17.1 Å². The summed E-state index contributed by atoms with van der Waals surface area (Å²) in [6.07, 6.45) is 4.71. The van der Waals surface area contributed by atoms with Crippen LogP contribution in [0.15, 0.2) is 23.3 Å². The summed E-state index contributed by atoms with van der Waals surface area (Å²) < 4.78 is 4.50. The first-order valence-corrected chi connectivity index (χ1v) is 3.96. The average Bonchev–Trinajstić information content (AvgIpc) is 2.74. The van der Waals surface area contributed by atoms with Crippen molar-refractivity contribution in [2.75, 3.05) is 0 Å². The van der Waals surface area contributed by atoms with Gasteiger partial charge in [-0.1, -0.05) is 12.2 Å². The van der Waals surface area contributed by atoms with Gasteiger partial charge in [-0.3, -0.25) is 0 Å². The summed E-state index contributed by atoms with van der Waals surface area (Å²) in [5.41, 5.74) is 1.10. The molecule has 3 aliphatic rings. The number of carbonyl (C=O) groups excluding carboxylic acids is 2. The molecule has 0 aromatic carbocycles. The van der Waals surface area contributed by atoms with Gasteiger partial charge < -0.3 is 4.74 Å². The minimum Gasteiger partial charge on any atom is -0.386 e. The number of ether oxygens (including phenoxy) is 1. The normalized spacial score (nSPS) is 36.3. The van der Waals surface area contributed by atoms with Crippen molar-refractivity contribution in [2.24, 2.45) is 11.8 Å². The highest BCUT2D eigenvalue weighted by Gasteiger charge is 2.49. The third-order valence-corrected chi connectivity index (χ3v) is 2.64. The van der Waals surface area contributed by atoms with Crippen LogP contribution < -0.4 is 0 Å². The number of hydrogen-bond donors (Lipinski definition) is 0. The van der Waals surface area contributed by atoms with E-state index in [-0.39, 0.29) is 5.92 Å². The standard InChI is InChI=1S/C9H6O3/c10-8-5-2-1-4-3-6(4)7(5)9(11)12-8/h1-2,4,6H,3H2. The van der Waals surface area contributed by atoms with Crippen LogP contribution in [-0.4, -0.2) is 11.9 Å². The van der Waals surface area contributed by atoms with Crippen LogP contribution in [-0.2, 0) is 14.3 Å². The zero-order valence-electron chi connectivity index (χ0n) is 6.24. The second-order valence-corrected chi connectivity index (χ2v) is 3.37. The maximum absolute atomic E-state index is 11.1. The van der Waals surface area contributed by atoms with Gasteiger partial charge in [-0.25, -0.2) is 9.59 Å². The predicted octanol–water partition coefficient (Wildman–Crippen LogP) is 0.572. The van der Waals surface area contributed by atoms with Gasteiger partial charge in [0, 0.05) is 0 Å². The van der Waals surface area contributed by atoms with E-state index in [1.165, 1.54) is 0 Å². The minimum absolute atomic E-state index is 0.281. The van der Waals surface area contributed by atoms with E-state index in [1.807, 2.05) is 6.08 Å². The molecule has 0 aromatic heterocycles. The molecule has 0 spiro atoms. The summed E-state index contributed by atoms with van der Waals surface area (Å²) in [6, 6.07) is 0. The predicted molar refractivity (Wildman–Crippen MR) is 38.9 cm³/mol. The molecule has 1 aliphatic heterocycles. The molecule has 2 atom stereocenters. The van der Waals surface area contributed by atoms with Crippen LogP contribution in [0.1, 0.15) is 6.42 Å². The summed E-state index contributed by atoms with van der Waals surface area (Å²) in [4.78, 5) is 22.2. The Hall–Kier alpha value is -1.38. The third-order valence-electron chi connectivity index (χ3n) is 2.64. The second-order valence-electron chi connectivity index (χ2n) is 3.37. The topological polar surface area (TPSA) is 43.4 Å². The molecule has 0 radical (unpaired) electrons. The molecule has 2 unspecified atom stereocenters. The highest BCUT2D eigenvalue weighted by atomic mass is 16.6. The molecule has 0 amide bonds. The fraction of sp³-hybridized carbons (Fsp3) is 0.333. The summed E-state index contributed by atoms with van der Waals surface area (Å²) >= 11 is 0. The van der Waals surface area contributed by atoms with E-state index in [9.17, 15) is 9.59 Å². The fourth-order valence-corrected chi connectivity index (χ4v) is 1.90. The molecule has 12 heavy (non-hydrogen) atoms. The second kappa shape index (κ2) is 1.68. The Balaban J connectivity index is 2.18. The molecule has 0 bridgehead atoms. The molecule has 60 valence electrons. The average molecular weight is 162 g/mol. The summed E-state index contributed by atoms with van der Waals surface area (Å²) in [5.74, 6) is -0.130. The lowest BCUT2D eigenvalue weighted by Crippen LogP contribution is -2.03. The largest absolute Gasteiger partial charge is 0.386 e. The van der Waals surface area contributed by atoms with Gasteiger partial charge in [0.2, 0.25) is 0 Å². The SMILES string of the molecule is O=C1OC(=O)C2=C1C=CC1CC21. The van der Waals surface area contributed by atoms with Crippen LogP contribution in [0.2, 0.25) is 0 Å². The summed E-state index contributed by atoms with van der Waals surface area (Å²) in [7, 11) is 0. The van der Waals surface area contributed by atoms with E-state index < -0.39 is 11.9 Å². The number of carbonyl (C=O) groups is 2. The van der Waals surface area contributed by atoms with Gasteiger partial charge in [0.25, 0.3) is 0 Å². The van der Waals surface area contributed by atoms with Crippen LogP contribution in [0.3, 0.4) is 0 Å². The van der Waals surface area contributed by atoms with Gasteiger partial charge in [-0.15, -0.1) is 0 Å². The van der Waals surface area contributed by atoms with Crippen LogP contribution in [0, 0.1) is 11.8 Å². The van der Waals surface area contributed by atoms with Gasteiger partial charge in [0.1, 0.15) is 0 Å². The number of fused-ring (bicyclic) bond motifs is 2. The van der Waals surface area contributed by atoms with Crippen molar-refractivity contribution in [3.63, 3.8) is 0 Å². The van der Waals surface area contributed by atoms with Crippen molar-refractivity contribution in [1.29, 1.82) is 0 Å². The first kappa shape index (κ1) is 6.17. The van der Waals surface area contributed by atoms with Crippen LogP contribution in [0.4, 0.5) is 0 Å². The third kappa shape index (κ3) is 0.570. The monoisotopic (exact) mass is 162 g/mol. The van der Waals surface area contributed by atoms with Gasteiger partial charge in [-0.2, -0.15) is 0 Å². The van der Waals surface area contributed by atoms with Crippen molar-refractivity contribution in [1.82, 2.24) is 0 Å². The van der Waals surface area contributed by atoms with E-state index >= 15 is 0 Å². The van der Waals surface area contributed by atoms with Gasteiger partial charge in [-0.05, 0) is 18.3 Å². The fourth-order valence-electron chi connectivity index (χ4n) is 1.90. The molecule has 1 saturated carbocycles. The molecule has 3 heteroatoms. The maximum Gasteiger partial charge on any atom is 0.346 e. The van der Waals surface area contributed by atoms with Gasteiger partial charge in [0.15, 0.2) is 0 Å². The Bertz CT molecular complexity index is 362. The zero-order valence-corrected chi connectivity index (χ0v) is 6.24. The Labute approximate surface area is 68.7 Å². The lowest BCUT2D eigenvalue weighted by molar-refractivity contribution is -0.151. The molecule has 3 rings (SSSR count). The van der Waals surface area contributed by atoms with E-state index in [0.717, 1.165) is 6.42 Å². The van der Waals surface area contributed by atoms with Crippen LogP contribution >= 0.6 is 0 Å². The van der Waals surface area contributed by atoms with Crippen molar-refractivity contribution < 1.29 is 14.3 Å². The smallest absolute Gasteiger partial charge is 0.346 e. The first-order chi connectivity index (χ1) is 5.77. The zero-order chi connectivity index (χ0) is 8.29. The Kier molecular flexibility index (Phi) is 0.865. The minimum atomic E-state index is -0.475. The highest BCUT2D eigenvalue weighted by Crippen LogP contribution is 2.51. The van der Waals surface area contributed by atoms with Crippen molar-refractivity contribution in [3.05, 3.63) is 23.3 Å². The van der Waals surface area contributed by atoms with Gasteiger partial charge in [0.05, 0.1) is 11.1 Å². The summed E-state index contributed by atoms with van der Waals surface area (Å²) in [5, 5.41) is 0. The number of cyclic esters (lactones) is 2. The molecule has 1 fully saturated rings. The first-order valence-electron chi connectivity index (χ1n) is 3.96. The molecule has 0 aromatic rings. The number of esters is 2. The van der Waals surface area contributed by atoms with Crippen molar-refractivity contribution in [2.45, 2.75) is 6.42 Å². The molecular formula is C9H6O3. The van der Waals surface area contributed by atoms with Crippen molar-refractivity contribution >= 4 is 11.9 Å². The van der Waals surface area contributed by atoms with Crippen LogP contribution in [0.25, 0.3) is 0 Å². The molecule has 1 heterocycles. The molecule has 0 saturated heterocycles. The number of allylic oxidation sites excluding steroid dienone is 1. The van der Waals surface area contributed by atoms with Crippen LogP contribution in [0.5, 0.6) is 0 Å². The maximum atomic E-state index is 11.1. The lowest BCUT2D eigenvalue weighted by Gasteiger charge is -1.99. The van der Waals surface area contributed by atoms with Crippen molar-refractivity contribution in [3.8, 4) is 0 Å². The highest BCUT2D eigenvalue weighted by molar-refractivity contribution is 6.14. The van der Waals surface area contributed by atoms with E-state index in [1.54, 1.807) is 6.08 Å². The van der Waals surface area contributed by atoms with Gasteiger partial charge >= 0.3 is 11.9 Å². The Morgan fingerprint density at radius 1 is 1.33 bits per heavy atom. The molecule has 3 nitrogen and oxygen atoms in total. The molecule has 2 aliphatic carbocycles. The Morgan fingerprint density at radius 2 is 2.17 bits per heavy atom. The molecular weight excluding hydrogens is 156 g/mol. The molecule has 0 N–H and O–H groups in total. The lowest BCUT2D eigenvalue weighted by atomic mass is 9.99. The number of rotatable bonds is 0. The Morgan fingerprint density at radius 3 is 3.00 bits per heavy atom. The van der Waals surface area contributed by atoms with E-state index in [4.69, 9.17) is 0 Å². The van der Waals surface area contributed by atoms with E-state index in [2.05, 4.69) is 4.74 Å². The number of hydrogen-bond acceptors (Lipinski definition) is 3. The summed E-state index contributed by atoms with van der Waals surface area (Å²) in [6.45, 7) is 0.